The van der Waals surface area contributed by atoms with Gasteiger partial charge in [0, 0.05) is 23.7 Å². The van der Waals surface area contributed by atoms with Gasteiger partial charge in [-0.05, 0) is 60.2 Å². The summed E-state index contributed by atoms with van der Waals surface area (Å²) in [5.41, 5.74) is 2.19. The Morgan fingerprint density at radius 2 is 1.53 bits per heavy atom. The van der Waals surface area contributed by atoms with Crippen LogP contribution in [0.15, 0.2) is 97.1 Å². The Balaban J connectivity index is 1.52. The fourth-order valence-electron chi connectivity index (χ4n) is 3.63. The van der Waals surface area contributed by atoms with Crippen molar-refractivity contribution in [1.29, 1.82) is 0 Å². The van der Waals surface area contributed by atoms with Crippen LogP contribution in [-0.2, 0) is 16.1 Å². The molecule has 7 heteroatoms. The molecule has 36 heavy (non-hydrogen) atoms. The first kappa shape index (κ1) is 24.8. The van der Waals surface area contributed by atoms with E-state index in [1.807, 2.05) is 54.6 Å². The van der Waals surface area contributed by atoms with Gasteiger partial charge in [-0.15, -0.1) is 0 Å². The molecule has 0 aliphatic rings. The van der Waals surface area contributed by atoms with Gasteiger partial charge in [-0.25, -0.2) is 4.79 Å². The van der Waals surface area contributed by atoms with E-state index in [2.05, 4.69) is 0 Å². The highest BCUT2D eigenvalue weighted by atomic mass is 35.5. The summed E-state index contributed by atoms with van der Waals surface area (Å²) >= 11 is 6.07. The Bertz CT molecular complexity index is 1360. The molecule has 0 aromatic heterocycles. The van der Waals surface area contributed by atoms with Gasteiger partial charge in [0.2, 0.25) is 5.91 Å². The van der Waals surface area contributed by atoms with E-state index in [4.69, 9.17) is 25.8 Å². The van der Waals surface area contributed by atoms with Gasteiger partial charge >= 0.3 is 5.97 Å². The van der Waals surface area contributed by atoms with E-state index in [1.54, 1.807) is 36.4 Å². The summed E-state index contributed by atoms with van der Waals surface area (Å²) in [4.78, 5) is 26.3. The Morgan fingerprint density at radius 1 is 0.806 bits per heavy atom. The fourth-order valence-corrected chi connectivity index (χ4v) is 3.81. The van der Waals surface area contributed by atoms with E-state index in [9.17, 15) is 9.59 Å². The van der Waals surface area contributed by atoms with Gasteiger partial charge in [-0.3, -0.25) is 9.69 Å². The van der Waals surface area contributed by atoms with Crippen molar-refractivity contribution >= 4 is 34.9 Å². The Labute approximate surface area is 214 Å². The summed E-state index contributed by atoms with van der Waals surface area (Å²) < 4.78 is 16.7. The first-order valence-electron chi connectivity index (χ1n) is 11.2. The van der Waals surface area contributed by atoms with Crippen molar-refractivity contribution in [2.75, 3.05) is 12.0 Å². The molecule has 4 aromatic rings. The molecule has 0 heterocycles. The molecule has 182 valence electrons. The number of carbonyl (C=O) groups is 2. The molecule has 0 unspecified atom stereocenters. The van der Waals surface area contributed by atoms with Crippen molar-refractivity contribution in [3.63, 3.8) is 0 Å². The quantitative estimate of drug-likeness (QED) is 0.239. The number of esters is 1. The predicted octanol–water partition coefficient (Wildman–Crippen LogP) is 7.18. The molecule has 0 aliphatic carbocycles. The van der Waals surface area contributed by atoms with Crippen LogP contribution in [0, 0.1) is 0 Å². The Kier molecular flexibility index (Phi) is 7.88. The second kappa shape index (κ2) is 11.4. The van der Waals surface area contributed by atoms with Crippen molar-refractivity contribution < 1.29 is 23.8 Å². The van der Waals surface area contributed by atoms with E-state index in [0.29, 0.717) is 40.3 Å². The molecule has 0 fully saturated rings. The molecule has 1 amide bonds. The normalized spacial score (nSPS) is 10.4. The number of hydrogen-bond donors (Lipinski definition) is 0. The van der Waals surface area contributed by atoms with Crippen LogP contribution in [-0.4, -0.2) is 19.0 Å². The standard InChI is InChI=1S/C29H24ClNO5/c1-20(32)31(28-16-11-22(30)17-27(28)29(33)34-2)23-12-14-24(15-13-23)36-26-10-6-9-25(18-26)35-19-21-7-4-3-5-8-21/h3-18H,19H2,1-2H3. The molecule has 0 saturated carbocycles. The second-order valence-electron chi connectivity index (χ2n) is 7.85. The molecule has 0 radical (unpaired) electrons. The number of hydrogen-bond acceptors (Lipinski definition) is 5. The number of ether oxygens (including phenoxy) is 3. The third kappa shape index (κ3) is 6.03. The van der Waals surface area contributed by atoms with E-state index in [0.717, 1.165) is 5.56 Å². The largest absolute Gasteiger partial charge is 0.489 e. The van der Waals surface area contributed by atoms with Crippen LogP contribution in [0.1, 0.15) is 22.8 Å². The third-order valence-corrected chi connectivity index (χ3v) is 5.54. The minimum atomic E-state index is -0.590. The molecule has 0 spiro atoms. The van der Waals surface area contributed by atoms with E-state index < -0.39 is 5.97 Å². The lowest BCUT2D eigenvalue weighted by atomic mass is 10.1. The number of amides is 1. The summed E-state index contributed by atoms with van der Waals surface area (Å²) in [6, 6.07) is 29.0. The van der Waals surface area contributed by atoms with Crippen LogP contribution >= 0.6 is 11.6 Å². The summed E-state index contributed by atoms with van der Waals surface area (Å²) in [7, 11) is 1.28. The van der Waals surface area contributed by atoms with Gasteiger partial charge in [0.05, 0.1) is 18.4 Å². The van der Waals surface area contributed by atoms with E-state index >= 15 is 0 Å². The minimum Gasteiger partial charge on any atom is -0.489 e. The number of rotatable bonds is 8. The predicted molar refractivity (Wildman–Crippen MR) is 139 cm³/mol. The van der Waals surface area contributed by atoms with E-state index in [-0.39, 0.29) is 11.5 Å². The van der Waals surface area contributed by atoms with Crippen LogP contribution in [0.5, 0.6) is 17.2 Å². The number of methoxy groups -OCH3 is 1. The molecular formula is C29H24ClNO5. The lowest BCUT2D eigenvalue weighted by molar-refractivity contribution is -0.115. The van der Waals surface area contributed by atoms with Crippen LogP contribution < -0.4 is 14.4 Å². The van der Waals surface area contributed by atoms with Gasteiger partial charge < -0.3 is 14.2 Å². The highest BCUT2D eigenvalue weighted by molar-refractivity contribution is 6.31. The van der Waals surface area contributed by atoms with Crippen molar-refractivity contribution in [1.82, 2.24) is 0 Å². The summed E-state index contributed by atoms with van der Waals surface area (Å²) in [5.74, 6) is 1.01. The monoisotopic (exact) mass is 501 g/mol. The minimum absolute atomic E-state index is 0.188. The average Bonchev–Trinajstić information content (AvgIpc) is 2.89. The number of benzene rings is 4. The van der Waals surface area contributed by atoms with Crippen molar-refractivity contribution in [2.24, 2.45) is 0 Å². The maximum absolute atomic E-state index is 12.6. The molecule has 0 N–H and O–H groups in total. The molecule has 4 aromatic carbocycles. The maximum Gasteiger partial charge on any atom is 0.340 e. The fraction of sp³-hybridized carbons (Fsp3) is 0.103. The lowest BCUT2D eigenvalue weighted by Crippen LogP contribution is -2.25. The lowest BCUT2D eigenvalue weighted by Gasteiger charge is -2.24. The van der Waals surface area contributed by atoms with Gasteiger partial charge in [-0.2, -0.15) is 0 Å². The molecule has 0 aliphatic heterocycles. The molecule has 0 saturated heterocycles. The van der Waals surface area contributed by atoms with Crippen molar-refractivity contribution in [2.45, 2.75) is 13.5 Å². The molecular weight excluding hydrogens is 478 g/mol. The number of anilines is 2. The van der Waals surface area contributed by atoms with Gasteiger partial charge in [0.25, 0.3) is 0 Å². The Morgan fingerprint density at radius 3 is 2.22 bits per heavy atom. The number of nitrogens with zero attached hydrogens (tertiary/aromatic N) is 1. The molecule has 4 rings (SSSR count). The molecule has 6 nitrogen and oxygen atoms in total. The zero-order valence-electron chi connectivity index (χ0n) is 19.8. The van der Waals surface area contributed by atoms with Crippen LogP contribution in [0.3, 0.4) is 0 Å². The first-order chi connectivity index (χ1) is 17.4. The van der Waals surface area contributed by atoms with Gasteiger partial charge in [-0.1, -0.05) is 48.0 Å². The van der Waals surface area contributed by atoms with Gasteiger partial charge in [0.1, 0.15) is 23.9 Å². The second-order valence-corrected chi connectivity index (χ2v) is 8.29. The number of halogens is 1. The molecule has 0 atom stereocenters. The smallest absolute Gasteiger partial charge is 0.340 e. The zero-order chi connectivity index (χ0) is 25.5. The highest BCUT2D eigenvalue weighted by Crippen LogP contribution is 2.33. The summed E-state index contributed by atoms with van der Waals surface area (Å²) in [6.07, 6.45) is 0. The average molecular weight is 502 g/mol. The van der Waals surface area contributed by atoms with Gasteiger partial charge in [0.15, 0.2) is 0 Å². The summed E-state index contributed by atoms with van der Waals surface area (Å²) in [6.45, 7) is 1.87. The van der Waals surface area contributed by atoms with Crippen LogP contribution in [0.4, 0.5) is 11.4 Å². The van der Waals surface area contributed by atoms with Crippen LogP contribution in [0.2, 0.25) is 5.02 Å². The summed E-state index contributed by atoms with van der Waals surface area (Å²) in [5, 5.41) is 0.362. The van der Waals surface area contributed by atoms with Crippen molar-refractivity contribution in [3.8, 4) is 17.2 Å². The maximum atomic E-state index is 12.6. The zero-order valence-corrected chi connectivity index (χ0v) is 20.6. The first-order valence-corrected chi connectivity index (χ1v) is 11.6. The Hall–Kier alpha value is -4.29. The SMILES string of the molecule is COC(=O)c1cc(Cl)ccc1N(C(C)=O)c1ccc(Oc2cccc(OCc3ccccc3)c2)cc1. The topological polar surface area (TPSA) is 65.1 Å². The van der Waals surface area contributed by atoms with E-state index in [1.165, 1.54) is 25.0 Å². The highest BCUT2D eigenvalue weighted by Gasteiger charge is 2.22. The molecule has 0 bridgehead atoms. The number of carbonyl (C=O) groups excluding carboxylic acids is 2. The third-order valence-electron chi connectivity index (χ3n) is 5.30. The van der Waals surface area contributed by atoms with Crippen LogP contribution in [0.25, 0.3) is 0 Å². The van der Waals surface area contributed by atoms with Crippen molar-refractivity contribution in [3.05, 3.63) is 113 Å².